The van der Waals surface area contributed by atoms with Crippen molar-refractivity contribution in [2.75, 3.05) is 0 Å². The molecule has 78 valence electrons. The van der Waals surface area contributed by atoms with E-state index < -0.39 is 0 Å². The quantitative estimate of drug-likeness (QED) is 0.529. The van der Waals surface area contributed by atoms with Crippen LogP contribution < -0.4 is 0 Å². The number of rotatable bonds is 0. The molecule has 0 radical (unpaired) electrons. The SMILES string of the molecule is Cc1cccc2nnc3cccc(C)c3c12. The fourth-order valence-corrected chi connectivity index (χ4v) is 2.23. The van der Waals surface area contributed by atoms with E-state index in [2.05, 4.69) is 36.2 Å². The van der Waals surface area contributed by atoms with Gasteiger partial charge in [0.15, 0.2) is 0 Å². The van der Waals surface area contributed by atoms with Gasteiger partial charge in [-0.1, -0.05) is 24.3 Å². The van der Waals surface area contributed by atoms with E-state index in [-0.39, 0.29) is 0 Å². The lowest BCUT2D eigenvalue weighted by molar-refractivity contribution is 1.12. The fraction of sp³-hybridized carbons (Fsp3) is 0.143. The molecule has 0 saturated heterocycles. The van der Waals surface area contributed by atoms with Crippen LogP contribution in [0.2, 0.25) is 0 Å². The molecule has 3 rings (SSSR count). The predicted octanol–water partition coefficient (Wildman–Crippen LogP) is 3.40. The topological polar surface area (TPSA) is 25.8 Å². The van der Waals surface area contributed by atoms with Gasteiger partial charge in [-0.05, 0) is 37.1 Å². The molecule has 3 aromatic rings. The first kappa shape index (κ1) is 9.28. The first-order chi connectivity index (χ1) is 7.77. The zero-order valence-corrected chi connectivity index (χ0v) is 9.36. The monoisotopic (exact) mass is 208 g/mol. The highest BCUT2D eigenvalue weighted by atomic mass is 15.1. The molecule has 0 unspecified atom stereocenters. The lowest BCUT2D eigenvalue weighted by Gasteiger charge is -2.07. The molecule has 0 spiro atoms. The standard InChI is InChI=1S/C14H12N2/c1-9-5-3-7-11-13(9)14-10(2)6-4-8-12(14)16-15-11/h3-8H,1-2H3. The second-order valence-electron chi connectivity index (χ2n) is 4.14. The van der Waals surface area contributed by atoms with Crippen LogP contribution in [-0.4, -0.2) is 10.2 Å². The molecule has 0 aliphatic heterocycles. The van der Waals surface area contributed by atoms with Gasteiger partial charge in [0.05, 0.1) is 11.0 Å². The molecule has 0 saturated carbocycles. The average molecular weight is 208 g/mol. The van der Waals surface area contributed by atoms with E-state index in [4.69, 9.17) is 0 Å². The van der Waals surface area contributed by atoms with Crippen LogP contribution in [0.3, 0.4) is 0 Å². The summed E-state index contributed by atoms with van der Waals surface area (Å²) in [7, 11) is 0. The molecular formula is C14H12N2. The summed E-state index contributed by atoms with van der Waals surface area (Å²) in [6.07, 6.45) is 0. The summed E-state index contributed by atoms with van der Waals surface area (Å²) in [5.74, 6) is 0. The molecule has 1 heterocycles. The van der Waals surface area contributed by atoms with Crippen molar-refractivity contribution < 1.29 is 0 Å². The smallest absolute Gasteiger partial charge is 0.0938 e. The zero-order valence-electron chi connectivity index (χ0n) is 9.36. The Hall–Kier alpha value is -1.96. The molecule has 0 bridgehead atoms. The highest BCUT2D eigenvalue weighted by Gasteiger charge is 2.06. The van der Waals surface area contributed by atoms with Crippen LogP contribution in [0.15, 0.2) is 36.4 Å². The van der Waals surface area contributed by atoms with Gasteiger partial charge in [-0.15, -0.1) is 10.2 Å². The first-order valence-corrected chi connectivity index (χ1v) is 5.39. The van der Waals surface area contributed by atoms with Gasteiger partial charge in [-0.25, -0.2) is 0 Å². The Morgan fingerprint density at radius 3 is 1.56 bits per heavy atom. The molecule has 1 aromatic heterocycles. The fourth-order valence-electron chi connectivity index (χ4n) is 2.23. The van der Waals surface area contributed by atoms with Crippen molar-refractivity contribution in [3.63, 3.8) is 0 Å². The van der Waals surface area contributed by atoms with Crippen molar-refractivity contribution in [2.45, 2.75) is 13.8 Å². The number of benzene rings is 2. The number of fused-ring (bicyclic) bond motifs is 3. The van der Waals surface area contributed by atoms with Crippen LogP contribution in [0.1, 0.15) is 11.1 Å². The van der Waals surface area contributed by atoms with E-state index in [1.165, 1.54) is 21.9 Å². The van der Waals surface area contributed by atoms with Crippen LogP contribution in [0.4, 0.5) is 0 Å². The molecular weight excluding hydrogens is 196 g/mol. The summed E-state index contributed by atoms with van der Waals surface area (Å²) >= 11 is 0. The molecule has 0 atom stereocenters. The van der Waals surface area contributed by atoms with Crippen molar-refractivity contribution in [1.29, 1.82) is 0 Å². The number of aryl methyl sites for hydroxylation is 2. The van der Waals surface area contributed by atoms with Crippen molar-refractivity contribution in [3.05, 3.63) is 47.5 Å². The highest BCUT2D eigenvalue weighted by Crippen LogP contribution is 2.27. The van der Waals surface area contributed by atoms with Gasteiger partial charge in [0.25, 0.3) is 0 Å². The molecule has 0 aliphatic carbocycles. The number of hydrogen-bond donors (Lipinski definition) is 0. The molecule has 0 fully saturated rings. The van der Waals surface area contributed by atoms with E-state index in [0.717, 1.165) is 11.0 Å². The maximum absolute atomic E-state index is 4.26. The summed E-state index contributed by atoms with van der Waals surface area (Å²) in [5.41, 5.74) is 4.46. The Labute approximate surface area is 93.9 Å². The molecule has 0 N–H and O–H groups in total. The maximum Gasteiger partial charge on any atom is 0.0938 e. The predicted molar refractivity (Wildman–Crippen MR) is 66.5 cm³/mol. The average Bonchev–Trinajstić information content (AvgIpc) is 2.29. The Morgan fingerprint density at radius 1 is 0.688 bits per heavy atom. The largest absolute Gasteiger partial charge is 0.150 e. The van der Waals surface area contributed by atoms with Gasteiger partial charge >= 0.3 is 0 Å². The van der Waals surface area contributed by atoms with Crippen molar-refractivity contribution in [3.8, 4) is 0 Å². The third-order valence-electron chi connectivity index (χ3n) is 3.02. The van der Waals surface area contributed by atoms with E-state index in [9.17, 15) is 0 Å². The Morgan fingerprint density at radius 2 is 1.12 bits per heavy atom. The minimum Gasteiger partial charge on any atom is -0.150 e. The lowest BCUT2D eigenvalue weighted by atomic mass is 10.0. The van der Waals surface area contributed by atoms with Crippen LogP contribution in [0.25, 0.3) is 21.8 Å². The molecule has 0 aliphatic rings. The van der Waals surface area contributed by atoms with Crippen LogP contribution in [0, 0.1) is 13.8 Å². The van der Waals surface area contributed by atoms with Gasteiger partial charge in [-0.2, -0.15) is 0 Å². The van der Waals surface area contributed by atoms with Crippen molar-refractivity contribution in [2.24, 2.45) is 0 Å². The van der Waals surface area contributed by atoms with Crippen LogP contribution in [0.5, 0.6) is 0 Å². The lowest BCUT2D eigenvalue weighted by Crippen LogP contribution is -1.91. The zero-order chi connectivity index (χ0) is 11.1. The molecule has 2 aromatic carbocycles. The Bertz CT molecular complexity index is 626. The normalized spacial score (nSPS) is 11.1. The maximum atomic E-state index is 4.26. The summed E-state index contributed by atoms with van der Waals surface area (Å²) in [4.78, 5) is 0. The van der Waals surface area contributed by atoms with Gasteiger partial charge in [0.1, 0.15) is 0 Å². The van der Waals surface area contributed by atoms with Crippen LogP contribution >= 0.6 is 0 Å². The number of nitrogens with zero attached hydrogens (tertiary/aromatic N) is 2. The molecule has 16 heavy (non-hydrogen) atoms. The summed E-state index contributed by atoms with van der Waals surface area (Å²) in [6.45, 7) is 4.24. The third kappa shape index (κ3) is 1.20. The second-order valence-corrected chi connectivity index (χ2v) is 4.14. The number of hydrogen-bond acceptors (Lipinski definition) is 2. The highest BCUT2D eigenvalue weighted by molar-refractivity contribution is 6.06. The van der Waals surface area contributed by atoms with Gasteiger partial charge in [-0.3, -0.25) is 0 Å². The second kappa shape index (κ2) is 3.27. The van der Waals surface area contributed by atoms with E-state index in [0.29, 0.717) is 0 Å². The first-order valence-electron chi connectivity index (χ1n) is 5.39. The Kier molecular flexibility index (Phi) is 1.90. The van der Waals surface area contributed by atoms with Gasteiger partial charge in [0, 0.05) is 10.8 Å². The number of aromatic nitrogens is 2. The van der Waals surface area contributed by atoms with E-state index in [1.807, 2.05) is 24.3 Å². The minimum atomic E-state index is 0.974. The van der Waals surface area contributed by atoms with Crippen LogP contribution in [-0.2, 0) is 0 Å². The third-order valence-corrected chi connectivity index (χ3v) is 3.02. The summed E-state index contributed by atoms with van der Waals surface area (Å²) in [5, 5.41) is 11.0. The van der Waals surface area contributed by atoms with Crippen molar-refractivity contribution in [1.82, 2.24) is 10.2 Å². The molecule has 2 heteroatoms. The van der Waals surface area contributed by atoms with Gasteiger partial charge in [0.2, 0.25) is 0 Å². The summed E-state index contributed by atoms with van der Waals surface area (Å²) < 4.78 is 0. The minimum absolute atomic E-state index is 0.974. The van der Waals surface area contributed by atoms with Gasteiger partial charge < -0.3 is 0 Å². The molecule has 2 nitrogen and oxygen atoms in total. The summed E-state index contributed by atoms with van der Waals surface area (Å²) in [6, 6.07) is 12.3. The van der Waals surface area contributed by atoms with E-state index in [1.54, 1.807) is 0 Å². The van der Waals surface area contributed by atoms with E-state index >= 15 is 0 Å². The Balaban J connectivity index is 2.67. The van der Waals surface area contributed by atoms with Crippen molar-refractivity contribution >= 4 is 21.8 Å². The molecule has 0 amide bonds.